The number of rotatable bonds is 2. The molecule has 0 bridgehead atoms. The Morgan fingerprint density at radius 1 is 1.10 bits per heavy atom. The first-order chi connectivity index (χ1) is 9.25. The molecule has 0 radical (unpaired) electrons. The molecule has 20 heavy (non-hydrogen) atoms. The van der Waals surface area contributed by atoms with Gasteiger partial charge < -0.3 is 0 Å². The topological polar surface area (TPSA) is 25.8 Å². The summed E-state index contributed by atoms with van der Waals surface area (Å²) in [6.45, 7) is 6.17. The van der Waals surface area contributed by atoms with Gasteiger partial charge >= 0.3 is 0 Å². The van der Waals surface area contributed by atoms with E-state index in [-0.39, 0.29) is 11.2 Å². The van der Waals surface area contributed by atoms with Crippen molar-refractivity contribution in [2.75, 3.05) is 0 Å². The molecule has 2 nitrogen and oxygen atoms in total. The lowest BCUT2D eigenvalue weighted by atomic mass is 9.92. The zero-order valence-electron chi connectivity index (χ0n) is 11.5. The highest BCUT2D eigenvalue weighted by molar-refractivity contribution is 6.31. The lowest BCUT2D eigenvalue weighted by Crippen LogP contribution is -2.15. The summed E-state index contributed by atoms with van der Waals surface area (Å²) < 4.78 is 13.0. The summed E-state index contributed by atoms with van der Waals surface area (Å²) in [6.07, 6.45) is 0.419. The van der Waals surface area contributed by atoms with Crippen LogP contribution in [0.15, 0.2) is 24.3 Å². The van der Waals surface area contributed by atoms with Crippen LogP contribution in [0.25, 0.3) is 0 Å². The van der Waals surface area contributed by atoms with E-state index in [1.54, 1.807) is 12.1 Å². The molecule has 2 aromatic rings. The molecule has 1 heterocycles. The van der Waals surface area contributed by atoms with Crippen molar-refractivity contribution in [2.45, 2.75) is 32.6 Å². The molecule has 0 saturated heterocycles. The molecular weight excluding hydrogens is 298 g/mol. The Morgan fingerprint density at radius 2 is 1.80 bits per heavy atom. The van der Waals surface area contributed by atoms with Crippen LogP contribution in [0.2, 0.25) is 10.2 Å². The maximum absolute atomic E-state index is 13.0. The Hall–Kier alpha value is -1.19. The lowest BCUT2D eigenvalue weighted by molar-refractivity contribution is 0.563. The highest BCUT2D eigenvalue weighted by Crippen LogP contribution is 2.24. The predicted molar refractivity (Wildman–Crippen MR) is 80.0 cm³/mol. The fourth-order valence-corrected chi connectivity index (χ4v) is 2.20. The van der Waals surface area contributed by atoms with Crippen molar-refractivity contribution in [2.24, 2.45) is 0 Å². The van der Waals surface area contributed by atoms with Gasteiger partial charge in [-0.3, -0.25) is 0 Å². The van der Waals surface area contributed by atoms with E-state index in [1.807, 2.05) is 0 Å². The van der Waals surface area contributed by atoms with Gasteiger partial charge in [-0.05, 0) is 23.8 Å². The van der Waals surface area contributed by atoms with Gasteiger partial charge in [-0.25, -0.2) is 14.4 Å². The van der Waals surface area contributed by atoms with E-state index >= 15 is 0 Å². The summed E-state index contributed by atoms with van der Waals surface area (Å²) in [6, 6.07) is 6.05. The molecule has 0 atom stereocenters. The zero-order chi connectivity index (χ0) is 14.9. The summed E-state index contributed by atoms with van der Waals surface area (Å²) in [4.78, 5) is 8.72. The maximum Gasteiger partial charge on any atom is 0.134 e. The summed E-state index contributed by atoms with van der Waals surface area (Å²) in [7, 11) is 0. The summed E-state index contributed by atoms with van der Waals surface area (Å²) in [5, 5.41) is 0.768. The molecule has 0 unspecified atom stereocenters. The molecular formula is C15H15Cl2FN2. The second-order valence-corrected chi connectivity index (χ2v) is 6.45. The van der Waals surface area contributed by atoms with E-state index in [1.165, 1.54) is 12.1 Å². The van der Waals surface area contributed by atoms with Crippen LogP contribution in [-0.2, 0) is 11.8 Å². The van der Waals surface area contributed by atoms with Gasteiger partial charge in [0.15, 0.2) is 0 Å². The minimum absolute atomic E-state index is 0.117. The van der Waals surface area contributed by atoms with Crippen molar-refractivity contribution in [1.29, 1.82) is 0 Å². The lowest BCUT2D eigenvalue weighted by Gasteiger charge is -2.18. The van der Waals surface area contributed by atoms with Crippen LogP contribution >= 0.6 is 23.2 Å². The molecule has 106 valence electrons. The minimum Gasteiger partial charge on any atom is -0.237 e. The second kappa shape index (κ2) is 5.66. The van der Waals surface area contributed by atoms with Gasteiger partial charge in [0.1, 0.15) is 16.8 Å². The van der Waals surface area contributed by atoms with Gasteiger partial charge in [-0.2, -0.15) is 0 Å². The standard InChI is InChI=1S/C15H15Cl2FN2/c1-15(2,3)12-8-13(17)20-14(19-12)6-9-4-5-10(18)7-11(9)16/h4-5,7-8H,6H2,1-3H3. The molecule has 0 amide bonds. The largest absolute Gasteiger partial charge is 0.237 e. The van der Waals surface area contributed by atoms with Gasteiger partial charge in [-0.15, -0.1) is 0 Å². The Balaban J connectivity index is 2.36. The minimum atomic E-state index is -0.360. The molecule has 0 fully saturated rings. The molecule has 0 aliphatic heterocycles. The number of hydrogen-bond acceptors (Lipinski definition) is 2. The van der Waals surface area contributed by atoms with Crippen molar-refractivity contribution < 1.29 is 4.39 Å². The molecule has 0 aliphatic carbocycles. The Kier molecular flexibility index (Phi) is 4.31. The number of nitrogens with zero attached hydrogens (tertiary/aromatic N) is 2. The van der Waals surface area contributed by atoms with Crippen molar-refractivity contribution in [3.05, 3.63) is 57.3 Å². The van der Waals surface area contributed by atoms with E-state index in [4.69, 9.17) is 23.2 Å². The highest BCUT2D eigenvalue weighted by atomic mass is 35.5. The molecule has 0 saturated carbocycles. The van der Waals surface area contributed by atoms with Gasteiger partial charge in [0.05, 0.1) is 5.69 Å². The highest BCUT2D eigenvalue weighted by Gasteiger charge is 2.18. The third-order valence-corrected chi connectivity index (χ3v) is 3.42. The normalized spacial score (nSPS) is 11.7. The Bertz CT molecular complexity index is 636. The molecule has 0 spiro atoms. The van der Waals surface area contributed by atoms with Crippen LogP contribution < -0.4 is 0 Å². The van der Waals surface area contributed by atoms with Crippen LogP contribution in [0, 0.1) is 5.82 Å². The number of aromatic nitrogens is 2. The van der Waals surface area contributed by atoms with E-state index in [2.05, 4.69) is 30.7 Å². The quantitative estimate of drug-likeness (QED) is 0.744. The molecule has 5 heteroatoms. The van der Waals surface area contributed by atoms with E-state index in [9.17, 15) is 4.39 Å². The van der Waals surface area contributed by atoms with Crippen LogP contribution in [0.1, 0.15) is 37.9 Å². The van der Waals surface area contributed by atoms with E-state index in [0.29, 0.717) is 22.4 Å². The second-order valence-electron chi connectivity index (χ2n) is 5.65. The predicted octanol–water partition coefficient (Wildman–Crippen LogP) is 4.81. The van der Waals surface area contributed by atoms with Gasteiger partial charge in [0.25, 0.3) is 0 Å². The van der Waals surface area contributed by atoms with E-state index in [0.717, 1.165) is 11.3 Å². The zero-order valence-corrected chi connectivity index (χ0v) is 13.1. The van der Waals surface area contributed by atoms with Crippen LogP contribution in [0.4, 0.5) is 4.39 Å². The van der Waals surface area contributed by atoms with Crippen molar-refractivity contribution in [3.63, 3.8) is 0 Å². The summed E-state index contributed by atoms with van der Waals surface area (Å²) >= 11 is 12.1. The fraction of sp³-hybridized carbons (Fsp3) is 0.333. The van der Waals surface area contributed by atoms with Crippen molar-refractivity contribution in [3.8, 4) is 0 Å². The molecule has 0 aliphatic rings. The third-order valence-electron chi connectivity index (χ3n) is 2.87. The van der Waals surface area contributed by atoms with Crippen LogP contribution in [0.5, 0.6) is 0 Å². The average Bonchev–Trinajstić information content (AvgIpc) is 2.31. The van der Waals surface area contributed by atoms with Crippen molar-refractivity contribution in [1.82, 2.24) is 9.97 Å². The Morgan fingerprint density at radius 3 is 2.40 bits per heavy atom. The van der Waals surface area contributed by atoms with Crippen LogP contribution in [-0.4, -0.2) is 9.97 Å². The average molecular weight is 313 g/mol. The van der Waals surface area contributed by atoms with Gasteiger partial charge in [0, 0.05) is 16.9 Å². The van der Waals surface area contributed by atoms with Gasteiger partial charge in [0.2, 0.25) is 0 Å². The summed E-state index contributed by atoms with van der Waals surface area (Å²) in [5.41, 5.74) is 1.52. The van der Waals surface area contributed by atoms with Gasteiger partial charge in [-0.1, -0.05) is 50.0 Å². The molecule has 2 rings (SSSR count). The first-order valence-corrected chi connectivity index (χ1v) is 6.99. The van der Waals surface area contributed by atoms with E-state index < -0.39 is 0 Å². The number of halogens is 3. The first kappa shape index (κ1) is 15.2. The maximum atomic E-state index is 13.0. The first-order valence-electron chi connectivity index (χ1n) is 6.23. The monoisotopic (exact) mass is 312 g/mol. The summed E-state index contributed by atoms with van der Waals surface area (Å²) in [5.74, 6) is 0.220. The smallest absolute Gasteiger partial charge is 0.134 e. The number of benzene rings is 1. The molecule has 1 aromatic heterocycles. The number of hydrogen-bond donors (Lipinski definition) is 0. The third kappa shape index (κ3) is 3.68. The SMILES string of the molecule is CC(C)(C)c1cc(Cl)nc(Cc2ccc(F)cc2Cl)n1. The molecule has 0 N–H and O–H groups in total. The Labute approximate surface area is 128 Å². The van der Waals surface area contributed by atoms with Crippen molar-refractivity contribution >= 4 is 23.2 Å². The molecule has 1 aromatic carbocycles. The van der Waals surface area contributed by atoms with Crippen LogP contribution in [0.3, 0.4) is 0 Å². The fourth-order valence-electron chi connectivity index (χ4n) is 1.76.